The predicted octanol–water partition coefficient (Wildman–Crippen LogP) is 2.87. The summed E-state index contributed by atoms with van der Waals surface area (Å²) in [6.07, 6.45) is 0.796. The first-order chi connectivity index (χ1) is 9.11. The van der Waals surface area contributed by atoms with Gasteiger partial charge in [0.2, 0.25) is 0 Å². The third kappa shape index (κ3) is 3.06. The molecule has 0 atom stereocenters. The summed E-state index contributed by atoms with van der Waals surface area (Å²) >= 11 is 0. The van der Waals surface area contributed by atoms with Crippen LogP contribution in [-0.2, 0) is 6.42 Å². The summed E-state index contributed by atoms with van der Waals surface area (Å²) in [5, 5.41) is 0. The summed E-state index contributed by atoms with van der Waals surface area (Å²) in [5.74, 6) is -0.413. The highest BCUT2D eigenvalue weighted by molar-refractivity contribution is 6.09. The van der Waals surface area contributed by atoms with Crippen molar-refractivity contribution in [1.29, 1.82) is 0 Å². The number of rotatable bonds is 4. The quantitative estimate of drug-likeness (QED) is 0.856. The lowest BCUT2D eigenvalue weighted by atomic mass is 9.98. The summed E-state index contributed by atoms with van der Waals surface area (Å²) in [6, 6.07) is 11.6. The Balaban J connectivity index is 2.28. The number of aryl methyl sites for hydroxylation is 1. The molecule has 0 unspecified atom stereocenters. The number of ketones is 1. The summed E-state index contributed by atoms with van der Waals surface area (Å²) in [7, 11) is 0. The lowest BCUT2D eigenvalue weighted by Gasteiger charge is -2.06. The van der Waals surface area contributed by atoms with Crippen molar-refractivity contribution in [3.63, 3.8) is 0 Å². The molecule has 0 aliphatic heterocycles. The number of nitrogens with two attached hydrogens (primary N) is 1. The number of benzene rings is 2. The second-order valence-electron chi connectivity index (χ2n) is 4.52. The van der Waals surface area contributed by atoms with Gasteiger partial charge >= 0.3 is 0 Å². The van der Waals surface area contributed by atoms with E-state index < -0.39 is 0 Å². The summed E-state index contributed by atoms with van der Waals surface area (Å²) < 4.78 is 13.0. The minimum Gasteiger partial charge on any atom is -0.330 e. The molecule has 3 heteroatoms. The molecule has 2 aromatic rings. The maximum absolute atomic E-state index is 13.0. The first-order valence-corrected chi connectivity index (χ1v) is 6.21. The van der Waals surface area contributed by atoms with E-state index >= 15 is 0 Å². The van der Waals surface area contributed by atoms with Crippen LogP contribution in [0.4, 0.5) is 4.39 Å². The molecule has 0 aliphatic rings. The highest BCUT2D eigenvalue weighted by Crippen LogP contribution is 2.16. The normalized spacial score (nSPS) is 10.5. The van der Waals surface area contributed by atoms with E-state index in [1.807, 2.05) is 12.1 Å². The summed E-state index contributed by atoms with van der Waals surface area (Å²) in [5.41, 5.74) is 8.38. The van der Waals surface area contributed by atoms with E-state index in [0.717, 1.165) is 12.0 Å². The molecule has 0 fully saturated rings. The van der Waals surface area contributed by atoms with Crippen LogP contribution in [0, 0.1) is 12.7 Å². The molecule has 98 valence electrons. The number of carbonyl (C=O) groups excluding carboxylic acids is 1. The Kier molecular flexibility index (Phi) is 4.07. The number of carbonyl (C=O) groups is 1. The average molecular weight is 257 g/mol. The van der Waals surface area contributed by atoms with Crippen molar-refractivity contribution in [1.82, 2.24) is 0 Å². The Bertz CT molecular complexity index is 590. The van der Waals surface area contributed by atoms with Crippen LogP contribution in [0.25, 0.3) is 0 Å². The van der Waals surface area contributed by atoms with Gasteiger partial charge in [-0.25, -0.2) is 4.39 Å². The Morgan fingerprint density at radius 2 is 1.84 bits per heavy atom. The van der Waals surface area contributed by atoms with Gasteiger partial charge in [-0.1, -0.05) is 24.3 Å². The summed E-state index contributed by atoms with van der Waals surface area (Å²) in [4.78, 5) is 12.3. The van der Waals surface area contributed by atoms with Gasteiger partial charge in [-0.2, -0.15) is 0 Å². The van der Waals surface area contributed by atoms with E-state index in [1.165, 1.54) is 18.2 Å². The Morgan fingerprint density at radius 3 is 2.42 bits per heavy atom. The molecule has 0 saturated carbocycles. The van der Waals surface area contributed by atoms with Gasteiger partial charge in [0.25, 0.3) is 0 Å². The maximum Gasteiger partial charge on any atom is 0.193 e. The molecule has 0 radical (unpaired) electrons. The monoisotopic (exact) mass is 257 g/mol. The van der Waals surface area contributed by atoms with Crippen molar-refractivity contribution >= 4 is 5.78 Å². The minimum absolute atomic E-state index is 0.0863. The third-order valence-corrected chi connectivity index (χ3v) is 3.08. The Labute approximate surface area is 112 Å². The maximum atomic E-state index is 13.0. The molecule has 2 aromatic carbocycles. The molecule has 19 heavy (non-hydrogen) atoms. The second-order valence-corrected chi connectivity index (χ2v) is 4.52. The highest BCUT2D eigenvalue weighted by Gasteiger charge is 2.12. The van der Waals surface area contributed by atoms with E-state index in [-0.39, 0.29) is 11.6 Å². The van der Waals surface area contributed by atoms with Gasteiger partial charge in [0.1, 0.15) is 5.82 Å². The predicted molar refractivity (Wildman–Crippen MR) is 73.8 cm³/mol. The van der Waals surface area contributed by atoms with E-state index in [9.17, 15) is 9.18 Å². The smallest absolute Gasteiger partial charge is 0.193 e. The molecule has 0 spiro atoms. The van der Waals surface area contributed by atoms with Crippen LogP contribution in [0.15, 0.2) is 42.5 Å². The SMILES string of the molecule is Cc1cc(F)ccc1C(=O)c1ccc(CCN)cc1. The number of hydrogen-bond donors (Lipinski definition) is 1. The van der Waals surface area contributed by atoms with Crippen molar-refractivity contribution in [2.45, 2.75) is 13.3 Å². The zero-order chi connectivity index (χ0) is 13.8. The Hall–Kier alpha value is -2.00. The molecular formula is C16H16FNO. The number of halogens is 1. The number of hydrogen-bond acceptors (Lipinski definition) is 2. The molecular weight excluding hydrogens is 241 g/mol. The third-order valence-electron chi connectivity index (χ3n) is 3.08. The molecule has 2 N–H and O–H groups in total. The van der Waals surface area contributed by atoms with Crippen LogP contribution < -0.4 is 5.73 Å². The van der Waals surface area contributed by atoms with Crippen LogP contribution in [0.1, 0.15) is 27.0 Å². The molecule has 2 nitrogen and oxygen atoms in total. The van der Waals surface area contributed by atoms with Crippen LogP contribution in [0.2, 0.25) is 0 Å². The molecule has 0 aromatic heterocycles. The van der Waals surface area contributed by atoms with Gasteiger partial charge in [-0.15, -0.1) is 0 Å². The highest BCUT2D eigenvalue weighted by atomic mass is 19.1. The van der Waals surface area contributed by atoms with Crippen LogP contribution in [-0.4, -0.2) is 12.3 Å². The van der Waals surface area contributed by atoms with Gasteiger partial charge in [-0.3, -0.25) is 4.79 Å². The standard InChI is InChI=1S/C16H16FNO/c1-11-10-14(17)6-7-15(11)16(19)13-4-2-12(3-5-13)8-9-18/h2-7,10H,8-9,18H2,1H3. The van der Waals surface area contributed by atoms with Gasteiger partial charge in [0.05, 0.1) is 0 Å². The molecule has 2 rings (SSSR count). The topological polar surface area (TPSA) is 43.1 Å². The van der Waals surface area contributed by atoms with E-state index in [2.05, 4.69) is 0 Å². The van der Waals surface area contributed by atoms with Gasteiger partial charge < -0.3 is 5.73 Å². The van der Waals surface area contributed by atoms with E-state index in [4.69, 9.17) is 5.73 Å². The fourth-order valence-corrected chi connectivity index (χ4v) is 2.03. The van der Waals surface area contributed by atoms with E-state index in [1.54, 1.807) is 19.1 Å². The second kappa shape index (κ2) is 5.76. The Morgan fingerprint density at radius 1 is 1.16 bits per heavy atom. The van der Waals surface area contributed by atoms with Gasteiger partial charge in [0, 0.05) is 11.1 Å². The van der Waals surface area contributed by atoms with Crippen molar-refractivity contribution in [2.75, 3.05) is 6.54 Å². The van der Waals surface area contributed by atoms with Crippen molar-refractivity contribution in [2.24, 2.45) is 5.73 Å². The fourth-order valence-electron chi connectivity index (χ4n) is 2.03. The van der Waals surface area contributed by atoms with Crippen molar-refractivity contribution < 1.29 is 9.18 Å². The first kappa shape index (κ1) is 13.4. The fraction of sp³-hybridized carbons (Fsp3) is 0.188. The molecule has 0 saturated heterocycles. The largest absolute Gasteiger partial charge is 0.330 e. The zero-order valence-electron chi connectivity index (χ0n) is 10.8. The van der Waals surface area contributed by atoms with E-state index in [0.29, 0.717) is 23.2 Å². The summed E-state index contributed by atoms with van der Waals surface area (Å²) in [6.45, 7) is 2.32. The molecule has 0 heterocycles. The average Bonchev–Trinajstić information content (AvgIpc) is 2.39. The van der Waals surface area contributed by atoms with Crippen molar-refractivity contribution in [3.05, 3.63) is 70.5 Å². The molecule has 0 aliphatic carbocycles. The lowest BCUT2D eigenvalue weighted by molar-refractivity contribution is 0.103. The lowest BCUT2D eigenvalue weighted by Crippen LogP contribution is -2.05. The minimum atomic E-state index is -0.327. The van der Waals surface area contributed by atoms with Crippen LogP contribution in [0.5, 0.6) is 0 Å². The first-order valence-electron chi connectivity index (χ1n) is 6.21. The van der Waals surface area contributed by atoms with Crippen molar-refractivity contribution in [3.8, 4) is 0 Å². The molecule has 0 amide bonds. The van der Waals surface area contributed by atoms with Gasteiger partial charge in [0.15, 0.2) is 5.78 Å². The van der Waals surface area contributed by atoms with Crippen LogP contribution in [0.3, 0.4) is 0 Å². The van der Waals surface area contributed by atoms with Crippen LogP contribution >= 0.6 is 0 Å². The molecule has 0 bridgehead atoms. The zero-order valence-corrected chi connectivity index (χ0v) is 10.8. The van der Waals surface area contributed by atoms with Gasteiger partial charge in [-0.05, 0) is 49.2 Å².